The smallest absolute Gasteiger partial charge is 0.230 e. The summed E-state index contributed by atoms with van der Waals surface area (Å²) in [5, 5.41) is 15.4. The van der Waals surface area contributed by atoms with E-state index in [4.69, 9.17) is 0 Å². The van der Waals surface area contributed by atoms with Gasteiger partial charge in [0.2, 0.25) is 10.8 Å². The molecule has 1 atom stereocenters. The molecule has 0 aliphatic carbocycles. The number of halogens is 1. The van der Waals surface area contributed by atoms with E-state index in [-0.39, 0.29) is 11.9 Å². The molecule has 2 aromatic carbocycles. The van der Waals surface area contributed by atoms with Gasteiger partial charge >= 0.3 is 0 Å². The van der Waals surface area contributed by atoms with E-state index in [1.807, 2.05) is 6.92 Å². The zero-order valence-electron chi connectivity index (χ0n) is 17.4. The minimum atomic E-state index is -0.000388. The second kappa shape index (κ2) is 8.73. The first kappa shape index (κ1) is 20.7. The number of aromatic hydroxyl groups is 1. The zero-order valence-corrected chi connectivity index (χ0v) is 19.8. The summed E-state index contributed by atoms with van der Waals surface area (Å²) in [4.78, 5) is 8.63. The maximum Gasteiger partial charge on any atom is 0.230 e. The monoisotopic (exact) mass is 496 g/mol. The molecule has 7 heteroatoms. The number of thiazole rings is 1. The average Bonchev–Trinajstić information content (AvgIpc) is 3.29. The highest BCUT2D eigenvalue weighted by molar-refractivity contribution is 9.10. The molecule has 31 heavy (non-hydrogen) atoms. The lowest BCUT2D eigenvalue weighted by molar-refractivity contribution is 0.150. The summed E-state index contributed by atoms with van der Waals surface area (Å²) < 4.78 is 2.63. The Kier molecular flexibility index (Phi) is 5.82. The lowest BCUT2D eigenvalue weighted by atomic mass is 9.89. The molecular weight excluding hydrogens is 472 g/mol. The van der Waals surface area contributed by atoms with Crippen molar-refractivity contribution >= 4 is 32.2 Å². The highest BCUT2D eigenvalue weighted by Crippen LogP contribution is 2.41. The van der Waals surface area contributed by atoms with Gasteiger partial charge in [0.15, 0.2) is 0 Å². The number of rotatable bonds is 5. The molecule has 1 N–H and O–H groups in total. The maximum absolute atomic E-state index is 11.0. The molecule has 0 spiro atoms. The van der Waals surface area contributed by atoms with Crippen molar-refractivity contribution in [3.63, 3.8) is 0 Å². The summed E-state index contributed by atoms with van der Waals surface area (Å²) in [6, 6.07) is 19.2. The van der Waals surface area contributed by atoms with E-state index in [2.05, 4.69) is 85.5 Å². The van der Waals surface area contributed by atoms with Gasteiger partial charge in [0, 0.05) is 4.47 Å². The van der Waals surface area contributed by atoms with Crippen molar-refractivity contribution in [3.05, 3.63) is 80.9 Å². The second-order valence-electron chi connectivity index (χ2n) is 8.27. The molecule has 0 bridgehead atoms. The summed E-state index contributed by atoms with van der Waals surface area (Å²) in [7, 11) is 0. The number of benzene rings is 2. The van der Waals surface area contributed by atoms with Gasteiger partial charge in [-0.3, -0.25) is 4.90 Å². The lowest BCUT2D eigenvalue weighted by Crippen LogP contribution is -2.37. The SMILES string of the molecule is Cc1nc2sc(C(c3ccc(Br)cc3)N3CCC(Cc4ccccc4)CC3)c(O)n2n1. The van der Waals surface area contributed by atoms with Gasteiger partial charge in [-0.05, 0) is 68.5 Å². The normalized spacial score (nSPS) is 16.7. The number of aryl methyl sites for hydroxylation is 1. The number of likely N-dealkylation sites (tertiary alicyclic amines) is 1. The zero-order chi connectivity index (χ0) is 21.4. The number of piperidine rings is 1. The minimum absolute atomic E-state index is 0.000388. The molecule has 5 rings (SSSR count). The Morgan fingerprint density at radius 1 is 1.10 bits per heavy atom. The maximum atomic E-state index is 11.0. The van der Waals surface area contributed by atoms with Crippen molar-refractivity contribution in [2.45, 2.75) is 32.2 Å². The van der Waals surface area contributed by atoms with Crippen molar-refractivity contribution < 1.29 is 5.11 Å². The van der Waals surface area contributed by atoms with Crippen molar-refractivity contribution in [2.75, 3.05) is 13.1 Å². The van der Waals surface area contributed by atoms with Gasteiger partial charge < -0.3 is 5.11 Å². The number of nitrogens with zero attached hydrogens (tertiary/aromatic N) is 4. The number of hydrogen-bond acceptors (Lipinski definition) is 5. The minimum Gasteiger partial charge on any atom is -0.492 e. The molecule has 1 aliphatic heterocycles. The molecule has 1 aliphatic rings. The first-order valence-corrected chi connectivity index (χ1v) is 12.3. The van der Waals surface area contributed by atoms with E-state index >= 15 is 0 Å². The highest BCUT2D eigenvalue weighted by Gasteiger charge is 2.32. The number of aromatic nitrogens is 3. The quantitative estimate of drug-likeness (QED) is 0.390. The predicted molar refractivity (Wildman–Crippen MR) is 128 cm³/mol. The summed E-state index contributed by atoms with van der Waals surface area (Å²) in [6.07, 6.45) is 3.45. The van der Waals surface area contributed by atoms with Crippen LogP contribution in [0.15, 0.2) is 59.1 Å². The molecule has 0 radical (unpaired) electrons. The molecule has 1 unspecified atom stereocenters. The largest absolute Gasteiger partial charge is 0.492 e. The Labute approximate surface area is 194 Å². The van der Waals surface area contributed by atoms with Crippen LogP contribution in [0.1, 0.15) is 40.7 Å². The molecule has 5 nitrogen and oxygen atoms in total. The van der Waals surface area contributed by atoms with Crippen LogP contribution < -0.4 is 0 Å². The average molecular weight is 497 g/mol. The van der Waals surface area contributed by atoms with Crippen molar-refractivity contribution in [1.82, 2.24) is 19.5 Å². The highest BCUT2D eigenvalue weighted by atomic mass is 79.9. The van der Waals surface area contributed by atoms with Crippen LogP contribution in [0.2, 0.25) is 0 Å². The third-order valence-electron chi connectivity index (χ3n) is 6.12. The summed E-state index contributed by atoms with van der Waals surface area (Å²) in [6.45, 7) is 3.86. The number of hydrogen-bond donors (Lipinski definition) is 1. The molecule has 0 saturated carbocycles. The first-order valence-electron chi connectivity index (χ1n) is 10.7. The fourth-order valence-electron chi connectivity index (χ4n) is 4.56. The van der Waals surface area contributed by atoms with Gasteiger partial charge in [-0.25, -0.2) is 4.98 Å². The lowest BCUT2D eigenvalue weighted by Gasteiger charge is -2.37. The summed E-state index contributed by atoms with van der Waals surface area (Å²) in [5.41, 5.74) is 2.60. The van der Waals surface area contributed by atoms with Crippen LogP contribution in [0.25, 0.3) is 4.96 Å². The summed E-state index contributed by atoms with van der Waals surface area (Å²) >= 11 is 5.08. The molecule has 2 aromatic heterocycles. The fraction of sp³-hybridized carbons (Fsp3) is 0.333. The van der Waals surface area contributed by atoms with Crippen LogP contribution >= 0.6 is 27.3 Å². The van der Waals surface area contributed by atoms with Gasteiger partial charge in [0.05, 0.1) is 10.9 Å². The van der Waals surface area contributed by atoms with Crippen molar-refractivity contribution in [3.8, 4) is 5.88 Å². The van der Waals surface area contributed by atoms with Crippen molar-refractivity contribution in [1.29, 1.82) is 0 Å². The topological polar surface area (TPSA) is 53.7 Å². The van der Waals surface area contributed by atoms with Gasteiger partial charge in [-0.15, -0.1) is 5.10 Å². The first-order chi connectivity index (χ1) is 15.1. The Hall–Kier alpha value is -2.22. The molecule has 4 aromatic rings. The van der Waals surface area contributed by atoms with Crippen LogP contribution in [0.3, 0.4) is 0 Å². The van der Waals surface area contributed by atoms with E-state index in [1.54, 1.807) is 4.52 Å². The Balaban J connectivity index is 1.42. The van der Waals surface area contributed by atoms with E-state index in [1.165, 1.54) is 22.5 Å². The van der Waals surface area contributed by atoms with Crippen LogP contribution in [-0.4, -0.2) is 37.7 Å². The molecular formula is C24H25BrN4OS. The Morgan fingerprint density at radius 3 is 2.48 bits per heavy atom. The molecule has 1 saturated heterocycles. The molecule has 1 fully saturated rings. The van der Waals surface area contributed by atoms with E-state index in [9.17, 15) is 5.11 Å². The molecule has 0 amide bonds. The van der Waals surface area contributed by atoms with Gasteiger partial charge in [0.1, 0.15) is 5.82 Å². The van der Waals surface area contributed by atoms with Gasteiger partial charge in [-0.2, -0.15) is 4.52 Å². The van der Waals surface area contributed by atoms with Gasteiger partial charge in [0.25, 0.3) is 0 Å². The number of fused-ring (bicyclic) bond motifs is 1. The van der Waals surface area contributed by atoms with Crippen LogP contribution in [-0.2, 0) is 6.42 Å². The third-order valence-corrected chi connectivity index (χ3v) is 7.72. The standard InChI is InChI=1S/C24H25BrN4OS/c1-16-26-24-29(27-16)23(30)22(31-24)21(19-7-9-20(25)10-8-19)28-13-11-18(12-14-28)15-17-5-3-2-4-6-17/h2-10,18,21,30H,11-15H2,1H3. The Morgan fingerprint density at radius 2 is 1.81 bits per heavy atom. The molecule has 3 heterocycles. The van der Waals surface area contributed by atoms with E-state index in [0.29, 0.717) is 11.7 Å². The predicted octanol–water partition coefficient (Wildman–Crippen LogP) is 5.61. The van der Waals surface area contributed by atoms with Crippen LogP contribution in [0.4, 0.5) is 0 Å². The van der Waals surface area contributed by atoms with Crippen LogP contribution in [0, 0.1) is 12.8 Å². The second-order valence-corrected chi connectivity index (χ2v) is 10.2. The van der Waals surface area contributed by atoms with E-state index in [0.717, 1.165) is 46.7 Å². The van der Waals surface area contributed by atoms with Crippen LogP contribution in [0.5, 0.6) is 5.88 Å². The van der Waals surface area contributed by atoms with Gasteiger partial charge in [-0.1, -0.05) is 69.7 Å². The molecule has 160 valence electrons. The third kappa shape index (κ3) is 4.27. The Bertz CT molecular complexity index is 1160. The van der Waals surface area contributed by atoms with E-state index < -0.39 is 0 Å². The summed E-state index contributed by atoms with van der Waals surface area (Å²) in [5.74, 6) is 1.58. The van der Waals surface area contributed by atoms with Crippen molar-refractivity contribution in [2.24, 2.45) is 5.92 Å². The fourth-order valence-corrected chi connectivity index (χ4v) is 5.99.